The van der Waals surface area contributed by atoms with Gasteiger partial charge in [-0.2, -0.15) is 10.2 Å². The van der Waals surface area contributed by atoms with Crippen molar-refractivity contribution in [3.8, 4) is 0 Å². The molecule has 34 heavy (non-hydrogen) atoms. The quantitative estimate of drug-likeness (QED) is 0.145. The van der Waals surface area contributed by atoms with E-state index in [2.05, 4.69) is 67.2 Å². The molecule has 0 aromatic rings. The average molecular weight is 714 g/mol. The lowest BCUT2D eigenvalue weighted by molar-refractivity contribution is -0.158. The lowest BCUT2D eigenvalue weighted by Gasteiger charge is -2.22. The highest BCUT2D eigenvalue weighted by Crippen LogP contribution is 2.19. The van der Waals surface area contributed by atoms with Crippen molar-refractivity contribution in [1.29, 1.82) is 0 Å². The summed E-state index contributed by atoms with van der Waals surface area (Å²) in [5, 5.41) is 15.3. The maximum Gasteiger partial charge on any atom is 0.335 e. The van der Waals surface area contributed by atoms with Gasteiger partial charge in [-0.25, -0.2) is 9.59 Å². The highest BCUT2D eigenvalue weighted by Gasteiger charge is 2.33. The maximum absolute atomic E-state index is 11.3. The first-order valence-electron chi connectivity index (χ1n) is 9.80. The van der Waals surface area contributed by atoms with Gasteiger partial charge < -0.3 is 18.9 Å². The third-order valence-corrected chi connectivity index (χ3v) is 3.24. The molecule has 0 radical (unpaired) electrons. The van der Waals surface area contributed by atoms with Gasteiger partial charge in [0.05, 0.1) is 14.2 Å². The van der Waals surface area contributed by atoms with Crippen molar-refractivity contribution in [2.75, 3.05) is 14.2 Å². The van der Waals surface area contributed by atoms with E-state index in [1.807, 2.05) is 0 Å². The minimum atomic E-state index is -1.11. The summed E-state index contributed by atoms with van der Waals surface area (Å²) < 4.78 is 18.9. The fraction of sp³-hybridized carbons (Fsp3) is 0.800. The lowest BCUT2D eigenvalue weighted by Crippen LogP contribution is -2.34. The molecule has 0 fully saturated rings. The Kier molecular flexibility index (Phi) is 17.7. The summed E-state index contributed by atoms with van der Waals surface area (Å²) in [6.07, 6.45) is 0. The number of methoxy groups -OCH3 is 2. The second kappa shape index (κ2) is 16.3. The number of carbonyl (C=O) groups excluding carboxylic acids is 4. The fourth-order valence-corrected chi connectivity index (χ4v) is 1.82. The van der Waals surface area contributed by atoms with Crippen LogP contribution in [0.15, 0.2) is 20.5 Å². The van der Waals surface area contributed by atoms with Crippen LogP contribution in [0.2, 0.25) is 0 Å². The van der Waals surface area contributed by atoms with Gasteiger partial charge in [0.15, 0.2) is 11.1 Å². The van der Waals surface area contributed by atoms with Crippen LogP contribution in [0, 0.1) is 0 Å². The summed E-state index contributed by atoms with van der Waals surface area (Å²) in [7, 11) is 2.54. The van der Waals surface area contributed by atoms with Crippen LogP contribution in [0.1, 0.15) is 69.2 Å². The Labute approximate surface area is 224 Å². The van der Waals surface area contributed by atoms with Crippen LogP contribution < -0.4 is 0 Å². The molecular formula is C20H36I2N4O8. The molecule has 0 aromatic heterocycles. The van der Waals surface area contributed by atoms with Gasteiger partial charge in [0.1, 0.15) is 0 Å². The number of azo groups is 2. The third-order valence-electron chi connectivity index (χ3n) is 3.24. The zero-order chi connectivity index (χ0) is 28.0. The zero-order valence-electron chi connectivity index (χ0n) is 21.8. The van der Waals surface area contributed by atoms with E-state index in [9.17, 15) is 19.2 Å². The topological polar surface area (TPSA) is 155 Å². The number of esters is 4. The third kappa shape index (κ3) is 17.9. The number of nitrogens with zero attached hydrogens (tertiary/aromatic N) is 4. The monoisotopic (exact) mass is 714 g/mol. The van der Waals surface area contributed by atoms with Gasteiger partial charge in [0.25, 0.3) is 0 Å². The second-order valence-electron chi connectivity index (χ2n) is 8.58. The molecule has 0 bridgehead atoms. The molecule has 0 saturated carbocycles. The molecule has 0 rings (SSSR count). The van der Waals surface area contributed by atoms with Crippen LogP contribution in [0.3, 0.4) is 0 Å². The lowest BCUT2D eigenvalue weighted by atomic mass is 10.1. The van der Waals surface area contributed by atoms with E-state index in [1.165, 1.54) is 28.1 Å². The molecule has 0 heterocycles. The van der Waals surface area contributed by atoms with Crippen molar-refractivity contribution in [2.45, 2.75) is 91.8 Å². The van der Waals surface area contributed by atoms with Crippen LogP contribution >= 0.6 is 37.2 Å². The van der Waals surface area contributed by atoms with Gasteiger partial charge >= 0.3 is 23.9 Å². The molecule has 198 valence electrons. The molecule has 0 amide bonds. The second-order valence-corrected chi connectivity index (χ2v) is 8.58. The average Bonchev–Trinajstić information content (AvgIpc) is 2.70. The number of ether oxygens (including phenoxy) is 4. The van der Waals surface area contributed by atoms with Gasteiger partial charge in [-0.05, 0) is 55.4 Å². The van der Waals surface area contributed by atoms with Crippen LogP contribution in [0.5, 0.6) is 0 Å². The summed E-state index contributed by atoms with van der Waals surface area (Å²) in [4.78, 5) is 44.1. The van der Waals surface area contributed by atoms with Crippen molar-refractivity contribution in [1.82, 2.24) is 0 Å². The molecule has 0 aliphatic carbocycles. The van der Waals surface area contributed by atoms with Gasteiger partial charge in [0, 0.05) is 51.1 Å². The Balaban J connectivity index is -0.000000526. The SMILES string of the molecule is CC(=O)OC(C)(C)N=NC(C)(C)OC(C)=O.COC(=O)C(C)(C)N=NC(C)(C)C(=O)OC.II. The molecule has 0 atom stereocenters. The predicted molar refractivity (Wildman–Crippen MR) is 142 cm³/mol. The summed E-state index contributed by atoms with van der Waals surface area (Å²) in [5.74, 6) is -1.93. The summed E-state index contributed by atoms with van der Waals surface area (Å²) in [5.41, 5.74) is -4.35. The van der Waals surface area contributed by atoms with Crippen LogP contribution in [-0.4, -0.2) is 60.6 Å². The Morgan fingerprint density at radius 2 is 0.794 bits per heavy atom. The van der Waals surface area contributed by atoms with Crippen molar-refractivity contribution in [3.63, 3.8) is 0 Å². The molecule has 0 aliphatic heterocycles. The Morgan fingerprint density at radius 3 is 0.971 bits per heavy atom. The smallest absolute Gasteiger partial charge is 0.335 e. The summed E-state index contributed by atoms with van der Waals surface area (Å²) in [6, 6.07) is 0. The molecule has 14 heteroatoms. The fourth-order valence-electron chi connectivity index (χ4n) is 1.82. The van der Waals surface area contributed by atoms with Crippen molar-refractivity contribution < 1.29 is 38.1 Å². The molecule has 0 aliphatic rings. The molecule has 0 unspecified atom stereocenters. The van der Waals surface area contributed by atoms with Crippen molar-refractivity contribution in [3.05, 3.63) is 0 Å². The number of carbonyl (C=O) groups is 4. The van der Waals surface area contributed by atoms with E-state index in [-0.39, 0.29) is 0 Å². The predicted octanol–water partition coefficient (Wildman–Crippen LogP) is 5.15. The van der Waals surface area contributed by atoms with E-state index in [0.29, 0.717) is 0 Å². The van der Waals surface area contributed by atoms with Gasteiger partial charge in [0.2, 0.25) is 11.4 Å². The highest BCUT2D eigenvalue weighted by molar-refractivity contribution is 15.0. The first kappa shape index (κ1) is 37.1. The minimum absolute atomic E-state index is 0.450. The normalized spacial score (nSPS) is 12.1. The molecule has 0 saturated heterocycles. The van der Waals surface area contributed by atoms with Gasteiger partial charge in [-0.1, -0.05) is 0 Å². The zero-order valence-corrected chi connectivity index (χ0v) is 26.1. The number of hydrogen-bond acceptors (Lipinski definition) is 12. The van der Waals surface area contributed by atoms with Gasteiger partial charge in [-0.15, -0.1) is 10.2 Å². The van der Waals surface area contributed by atoms with Crippen LogP contribution in [0.4, 0.5) is 0 Å². The van der Waals surface area contributed by atoms with E-state index in [4.69, 9.17) is 9.47 Å². The highest BCUT2D eigenvalue weighted by atomic mass is 128. The van der Waals surface area contributed by atoms with Gasteiger partial charge in [-0.3, -0.25) is 9.59 Å². The van der Waals surface area contributed by atoms with E-state index < -0.39 is 46.4 Å². The largest absolute Gasteiger partial charge is 0.467 e. The van der Waals surface area contributed by atoms with E-state index >= 15 is 0 Å². The first-order chi connectivity index (χ1) is 15.2. The summed E-state index contributed by atoms with van der Waals surface area (Å²) in [6.45, 7) is 15.1. The Bertz CT molecular complexity index is 691. The molecular weight excluding hydrogens is 678 g/mol. The molecule has 12 nitrogen and oxygen atoms in total. The molecule has 0 N–H and O–H groups in total. The standard InChI is InChI=1S/2C10H18N2O4.I2/c1-9(2,7(13)15-5)11-12-10(3,4)8(14)16-6;1-7(13)15-9(3,4)11-12-10(5,6)16-8(2)14;1-2/h2*1-6H3;. The van der Waals surface area contributed by atoms with E-state index in [0.717, 1.165) is 0 Å². The van der Waals surface area contributed by atoms with E-state index in [1.54, 1.807) is 55.4 Å². The number of rotatable bonds is 8. The van der Waals surface area contributed by atoms with Crippen molar-refractivity contribution in [2.24, 2.45) is 20.5 Å². The van der Waals surface area contributed by atoms with Crippen LogP contribution in [0.25, 0.3) is 0 Å². The van der Waals surface area contributed by atoms with Crippen molar-refractivity contribution >= 4 is 61.1 Å². The Morgan fingerprint density at radius 1 is 0.559 bits per heavy atom. The Hall–Kier alpha value is -1.46. The number of halogens is 2. The molecule has 0 spiro atoms. The number of hydrogen-bond donors (Lipinski definition) is 0. The maximum atomic E-state index is 11.3. The first-order valence-corrected chi connectivity index (χ1v) is 16.1. The molecule has 0 aromatic carbocycles. The minimum Gasteiger partial charge on any atom is -0.467 e. The van der Waals surface area contributed by atoms with Crippen LogP contribution in [-0.2, 0) is 38.1 Å². The summed E-state index contributed by atoms with van der Waals surface area (Å²) >= 11 is 4.24.